The summed E-state index contributed by atoms with van der Waals surface area (Å²) in [6.45, 7) is 2.11. The zero-order chi connectivity index (χ0) is 15.9. The van der Waals surface area contributed by atoms with Crippen LogP contribution in [0.5, 0.6) is 0 Å². The Bertz CT molecular complexity index is 706. The second-order valence-corrected chi connectivity index (χ2v) is 5.74. The quantitative estimate of drug-likeness (QED) is 0.647. The van der Waals surface area contributed by atoms with Crippen LogP contribution in [0.1, 0.15) is 42.4 Å². The summed E-state index contributed by atoms with van der Waals surface area (Å²) in [5.74, 6) is -0.873. The third kappa shape index (κ3) is 2.60. The molecule has 3 rings (SSSR count). The fourth-order valence-corrected chi connectivity index (χ4v) is 3.11. The lowest BCUT2D eigenvalue weighted by molar-refractivity contribution is -0.139. The molecule has 0 bridgehead atoms. The highest BCUT2D eigenvalue weighted by Crippen LogP contribution is 2.38. The van der Waals surface area contributed by atoms with Gasteiger partial charge in [-0.15, -0.1) is 0 Å². The second-order valence-electron chi connectivity index (χ2n) is 5.74. The fraction of sp³-hybridized carbons (Fsp3) is 0.353. The van der Waals surface area contributed by atoms with Crippen LogP contribution in [0.2, 0.25) is 0 Å². The van der Waals surface area contributed by atoms with Gasteiger partial charge in [-0.2, -0.15) is 13.2 Å². The number of rotatable bonds is 1. The van der Waals surface area contributed by atoms with Gasteiger partial charge < -0.3 is 0 Å². The Hall–Kier alpha value is -1.91. The summed E-state index contributed by atoms with van der Waals surface area (Å²) in [4.78, 5) is 4.18. The van der Waals surface area contributed by atoms with E-state index in [2.05, 4.69) is 11.9 Å². The van der Waals surface area contributed by atoms with E-state index in [0.29, 0.717) is 11.5 Å². The third-order valence-electron chi connectivity index (χ3n) is 4.27. The Labute approximate surface area is 126 Å². The van der Waals surface area contributed by atoms with Gasteiger partial charge in [0.1, 0.15) is 5.82 Å². The molecule has 0 N–H and O–H groups in total. The maximum atomic E-state index is 13.8. The summed E-state index contributed by atoms with van der Waals surface area (Å²) in [7, 11) is 0. The van der Waals surface area contributed by atoms with Crippen molar-refractivity contribution in [3.63, 3.8) is 0 Å². The fourth-order valence-electron chi connectivity index (χ4n) is 3.11. The molecule has 0 aliphatic heterocycles. The topological polar surface area (TPSA) is 12.9 Å². The SMILES string of the molecule is C[C@@H]1CCCc2c(-c3ccc(C(F)(F)F)c(F)c3)cncc21. The summed E-state index contributed by atoms with van der Waals surface area (Å²) in [5.41, 5.74) is 2.14. The minimum Gasteiger partial charge on any atom is -0.264 e. The van der Waals surface area contributed by atoms with Gasteiger partial charge >= 0.3 is 6.18 Å². The van der Waals surface area contributed by atoms with Gasteiger partial charge in [-0.3, -0.25) is 4.98 Å². The number of fused-ring (bicyclic) bond motifs is 1. The van der Waals surface area contributed by atoms with E-state index in [1.807, 2.05) is 6.20 Å². The van der Waals surface area contributed by atoms with E-state index in [9.17, 15) is 17.6 Å². The van der Waals surface area contributed by atoms with E-state index in [1.165, 1.54) is 6.07 Å². The molecular formula is C17H15F4N. The Morgan fingerprint density at radius 2 is 1.95 bits per heavy atom. The van der Waals surface area contributed by atoms with Gasteiger partial charge in [0, 0.05) is 18.0 Å². The highest BCUT2D eigenvalue weighted by Gasteiger charge is 2.34. The number of hydrogen-bond acceptors (Lipinski definition) is 1. The van der Waals surface area contributed by atoms with Crippen LogP contribution in [0.25, 0.3) is 11.1 Å². The second kappa shape index (κ2) is 5.38. The minimum atomic E-state index is -4.68. The molecule has 0 unspecified atom stereocenters. The molecule has 1 aliphatic rings. The Balaban J connectivity index is 2.10. The van der Waals surface area contributed by atoms with Crippen LogP contribution in [0.4, 0.5) is 17.6 Å². The van der Waals surface area contributed by atoms with E-state index in [4.69, 9.17) is 0 Å². The molecular weight excluding hydrogens is 294 g/mol. The molecule has 1 aromatic heterocycles. The lowest BCUT2D eigenvalue weighted by Crippen LogP contribution is -2.10. The summed E-state index contributed by atoms with van der Waals surface area (Å²) >= 11 is 0. The first-order valence-electron chi connectivity index (χ1n) is 7.22. The average molecular weight is 309 g/mol. The van der Waals surface area contributed by atoms with Crippen molar-refractivity contribution in [2.75, 3.05) is 0 Å². The van der Waals surface area contributed by atoms with Gasteiger partial charge in [0.25, 0.3) is 0 Å². The Morgan fingerprint density at radius 1 is 1.18 bits per heavy atom. The molecule has 1 nitrogen and oxygen atoms in total. The molecule has 116 valence electrons. The summed E-state index contributed by atoms with van der Waals surface area (Å²) in [6.07, 6.45) is 1.68. The van der Waals surface area contributed by atoms with Gasteiger partial charge in [-0.25, -0.2) is 4.39 Å². The summed E-state index contributed by atoms with van der Waals surface area (Å²) < 4.78 is 51.8. The largest absolute Gasteiger partial charge is 0.419 e. The van der Waals surface area contributed by atoms with Crippen molar-refractivity contribution >= 4 is 0 Å². The minimum absolute atomic E-state index is 0.371. The number of benzene rings is 1. The molecule has 0 radical (unpaired) electrons. The highest BCUT2D eigenvalue weighted by atomic mass is 19.4. The average Bonchev–Trinajstić information content (AvgIpc) is 2.46. The molecule has 1 heterocycles. The zero-order valence-corrected chi connectivity index (χ0v) is 12.0. The van der Waals surface area contributed by atoms with Crippen molar-refractivity contribution in [1.82, 2.24) is 4.98 Å². The van der Waals surface area contributed by atoms with Crippen molar-refractivity contribution in [1.29, 1.82) is 0 Å². The lowest BCUT2D eigenvalue weighted by atomic mass is 9.82. The molecule has 0 fully saturated rings. The van der Waals surface area contributed by atoms with Crippen LogP contribution in [0, 0.1) is 5.82 Å². The molecule has 0 amide bonds. The zero-order valence-electron chi connectivity index (χ0n) is 12.0. The number of aromatic nitrogens is 1. The number of alkyl halides is 3. The maximum absolute atomic E-state index is 13.8. The standard InChI is InChI=1S/C17H15F4N/c1-10-3-2-4-12-13(10)8-22-9-14(12)11-5-6-15(16(18)7-11)17(19,20)21/h5-10H,2-4H2,1H3/t10-/m1/s1. The van der Waals surface area contributed by atoms with Crippen LogP contribution in [0.3, 0.4) is 0 Å². The van der Waals surface area contributed by atoms with Crippen LogP contribution < -0.4 is 0 Å². The van der Waals surface area contributed by atoms with Gasteiger partial charge in [0.2, 0.25) is 0 Å². The normalized spacial score (nSPS) is 18.1. The van der Waals surface area contributed by atoms with E-state index in [-0.39, 0.29) is 0 Å². The van der Waals surface area contributed by atoms with E-state index < -0.39 is 17.6 Å². The third-order valence-corrected chi connectivity index (χ3v) is 4.27. The molecule has 1 aromatic carbocycles. The number of nitrogens with zero attached hydrogens (tertiary/aromatic N) is 1. The van der Waals surface area contributed by atoms with Gasteiger partial charge in [-0.05, 0) is 54.0 Å². The molecule has 2 aromatic rings. The monoisotopic (exact) mass is 309 g/mol. The molecule has 0 spiro atoms. The molecule has 22 heavy (non-hydrogen) atoms. The maximum Gasteiger partial charge on any atom is 0.419 e. The van der Waals surface area contributed by atoms with Crippen LogP contribution >= 0.6 is 0 Å². The first-order chi connectivity index (χ1) is 10.4. The van der Waals surface area contributed by atoms with Crippen molar-refractivity contribution in [3.05, 3.63) is 53.1 Å². The highest BCUT2D eigenvalue weighted by molar-refractivity contribution is 5.69. The summed E-state index contributed by atoms with van der Waals surface area (Å²) in [6, 6.07) is 3.08. The van der Waals surface area contributed by atoms with E-state index >= 15 is 0 Å². The van der Waals surface area contributed by atoms with Crippen LogP contribution in [-0.4, -0.2) is 4.98 Å². The molecule has 0 saturated carbocycles. The smallest absolute Gasteiger partial charge is 0.264 e. The molecule has 1 atom stereocenters. The Kier molecular flexibility index (Phi) is 3.67. The first-order valence-corrected chi connectivity index (χ1v) is 7.22. The number of pyridine rings is 1. The molecule has 1 aliphatic carbocycles. The first kappa shape index (κ1) is 15.0. The van der Waals surface area contributed by atoms with Crippen molar-refractivity contribution in [2.24, 2.45) is 0 Å². The Morgan fingerprint density at radius 3 is 2.64 bits per heavy atom. The molecule has 0 saturated heterocycles. The molecule has 5 heteroatoms. The number of halogens is 4. The van der Waals surface area contributed by atoms with Crippen molar-refractivity contribution < 1.29 is 17.6 Å². The number of hydrogen-bond donors (Lipinski definition) is 0. The van der Waals surface area contributed by atoms with E-state index in [1.54, 1.807) is 6.20 Å². The lowest BCUT2D eigenvalue weighted by Gasteiger charge is -2.24. The van der Waals surface area contributed by atoms with Gasteiger partial charge in [-0.1, -0.05) is 13.0 Å². The van der Waals surface area contributed by atoms with Gasteiger partial charge in [0.05, 0.1) is 5.56 Å². The predicted molar refractivity (Wildman–Crippen MR) is 76.0 cm³/mol. The van der Waals surface area contributed by atoms with Crippen LogP contribution in [0.15, 0.2) is 30.6 Å². The summed E-state index contributed by atoms with van der Waals surface area (Å²) in [5, 5.41) is 0. The van der Waals surface area contributed by atoms with Crippen molar-refractivity contribution in [3.8, 4) is 11.1 Å². The van der Waals surface area contributed by atoms with Gasteiger partial charge in [0.15, 0.2) is 0 Å². The van der Waals surface area contributed by atoms with Crippen LogP contribution in [-0.2, 0) is 12.6 Å². The predicted octanol–water partition coefficient (Wildman–Crippen LogP) is 5.35. The van der Waals surface area contributed by atoms with E-state index in [0.717, 1.165) is 48.1 Å². The van der Waals surface area contributed by atoms with Crippen molar-refractivity contribution in [2.45, 2.75) is 38.3 Å².